The Bertz CT molecular complexity index is 471. The lowest BCUT2D eigenvalue weighted by Gasteiger charge is -2.23. The number of rotatable bonds is 4. The van der Waals surface area contributed by atoms with Crippen molar-refractivity contribution in [1.29, 1.82) is 0 Å². The van der Waals surface area contributed by atoms with Crippen molar-refractivity contribution in [3.63, 3.8) is 0 Å². The number of hydrogen-bond donors (Lipinski definition) is 2. The molecule has 1 aromatic rings. The van der Waals surface area contributed by atoms with Gasteiger partial charge in [-0.15, -0.1) is 24.0 Å². The van der Waals surface area contributed by atoms with Gasteiger partial charge in [-0.25, -0.2) is 4.99 Å². The predicted molar refractivity (Wildman–Crippen MR) is 98.5 cm³/mol. The maximum atomic E-state index is 5.97. The molecule has 0 radical (unpaired) electrons. The topological polar surface area (TPSA) is 59.6 Å². The number of methoxy groups -OCH3 is 1. The zero-order chi connectivity index (χ0) is 14.4. The molecule has 0 unspecified atom stereocenters. The number of nitrogens with two attached hydrogens (primary N) is 1. The van der Waals surface area contributed by atoms with E-state index in [2.05, 4.69) is 23.3 Å². The molecule has 0 spiro atoms. The number of aryl methyl sites for hydroxylation is 1. The predicted octanol–water partition coefficient (Wildman–Crippen LogP) is 3.36. The van der Waals surface area contributed by atoms with Crippen LogP contribution in [0.3, 0.4) is 0 Å². The molecule has 2 rings (SSSR count). The van der Waals surface area contributed by atoms with Crippen LogP contribution in [-0.4, -0.2) is 19.1 Å². The molecule has 0 aromatic heterocycles. The molecule has 1 aliphatic rings. The summed E-state index contributed by atoms with van der Waals surface area (Å²) in [7, 11) is 1.69. The third-order valence-electron chi connectivity index (χ3n) is 3.82. The van der Waals surface area contributed by atoms with Crippen LogP contribution >= 0.6 is 24.0 Å². The molecular formula is C16H26IN3O. The SMILES string of the molecule is COc1cc(C)ccc1CN=C(N)NC1CCCCC1.I. The van der Waals surface area contributed by atoms with Crippen molar-refractivity contribution in [3.8, 4) is 5.75 Å². The van der Waals surface area contributed by atoms with Crippen LogP contribution < -0.4 is 15.8 Å². The Kier molecular flexibility index (Phi) is 7.85. The first kappa shape index (κ1) is 18.1. The third kappa shape index (κ3) is 5.73. The largest absolute Gasteiger partial charge is 0.496 e. The first-order valence-electron chi connectivity index (χ1n) is 7.39. The summed E-state index contributed by atoms with van der Waals surface area (Å²) in [5.41, 5.74) is 8.22. The Morgan fingerprint density at radius 3 is 2.71 bits per heavy atom. The lowest BCUT2D eigenvalue weighted by atomic mass is 9.96. The highest BCUT2D eigenvalue weighted by molar-refractivity contribution is 14.0. The maximum Gasteiger partial charge on any atom is 0.189 e. The summed E-state index contributed by atoms with van der Waals surface area (Å²) in [6.07, 6.45) is 6.32. The van der Waals surface area contributed by atoms with Crippen molar-refractivity contribution >= 4 is 29.9 Å². The van der Waals surface area contributed by atoms with E-state index in [9.17, 15) is 0 Å². The Morgan fingerprint density at radius 1 is 1.33 bits per heavy atom. The number of ether oxygens (including phenoxy) is 1. The highest BCUT2D eigenvalue weighted by atomic mass is 127. The van der Waals surface area contributed by atoms with Crippen molar-refractivity contribution in [1.82, 2.24) is 5.32 Å². The van der Waals surface area contributed by atoms with E-state index in [1.54, 1.807) is 7.11 Å². The number of hydrogen-bond acceptors (Lipinski definition) is 2. The fourth-order valence-electron chi connectivity index (χ4n) is 2.65. The molecule has 0 aliphatic heterocycles. The van der Waals surface area contributed by atoms with Gasteiger partial charge in [0.05, 0.1) is 13.7 Å². The molecule has 1 fully saturated rings. The van der Waals surface area contributed by atoms with Crippen molar-refractivity contribution in [2.45, 2.75) is 51.6 Å². The Hall–Kier alpha value is -0.980. The van der Waals surface area contributed by atoms with Crippen LogP contribution in [0.15, 0.2) is 23.2 Å². The van der Waals surface area contributed by atoms with Crippen molar-refractivity contribution < 1.29 is 4.74 Å². The molecule has 4 nitrogen and oxygen atoms in total. The maximum absolute atomic E-state index is 5.97. The van der Waals surface area contributed by atoms with Gasteiger partial charge in [0.15, 0.2) is 5.96 Å². The summed E-state index contributed by atoms with van der Waals surface area (Å²) in [6, 6.07) is 6.63. The third-order valence-corrected chi connectivity index (χ3v) is 3.82. The van der Waals surface area contributed by atoms with E-state index in [1.807, 2.05) is 12.1 Å². The molecule has 21 heavy (non-hydrogen) atoms. The van der Waals surface area contributed by atoms with E-state index < -0.39 is 0 Å². The monoisotopic (exact) mass is 403 g/mol. The van der Waals surface area contributed by atoms with Crippen LogP contribution in [0.1, 0.15) is 43.2 Å². The standard InChI is InChI=1S/C16H25N3O.HI/c1-12-8-9-13(15(10-12)20-2)11-18-16(17)19-14-6-4-3-5-7-14;/h8-10,14H,3-7,11H2,1-2H3,(H3,17,18,19);1H. The number of aliphatic imine (C=N–C) groups is 1. The first-order chi connectivity index (χ1) is 9.69. The number of benzene rings is 1. The first-order valence-corrected chi connectivity index (χ1v) is 7.39. The van der Waals surface area contributed by atoms with Gasteiger partial charge in [-0.2, -0.15) is 0 Å². The minimum Gasteiger partial charge on any atom is -0.496 e. The molecule has 0 saturated heterocycles. The number of nitrogens with one attached hydrogen (secondary N) is 1. The summed E-state index contributed by atoms with van der Waals surface area (Å²) < 4.78 is 5.38. The summed E-state index contributed by atoms with van der Waals surface area (Å²) in [5, 5.41) is 3.32. The Morgan fingerprint density at radius 2 is 2.05 bits per heavy atom. The van der Waals surface area contributed by atoms with Gasteiger partial charge in [0.25, 0.3) is 0 Å². The smallest absolute Gasteiger partial charge is 0.189 e. The van der Waals surface area contributed by atoms with Gasteiger partial charge < -0.3 is 15.8 Å². The zero-order valence-corrected chi connectivity index (χ0v) is 15.2. The average molecular weight is 403 g/mol. The Labute approximate surface area is 144 Å². The van der Waals surface area contributed by atoms with Crippen molar-refractivity contribution in [3.05, 3.63) is 29.3 Å². The van der Waals surface area contributed by atoms with Crippen molar-refractivity contribution in [2.75, 3.05) is 7.11 Å². The van der Waals surface area contributed by atoms with Gasteiger partial charge in [-0.05, 0) is 31.4 Å². The second-order valence-corrected chi connectivity index (χ2v) is 5.50. The quantitative estimate of drug-likeness (QED) is 0.461. The highest BCUT2D eigenvalue weighted by Crippen LogP contribution is 2.21. The van der Waals surface area contributed by atoms with Crippen LogP contribution in [0, 0.1) is 6.92 Å². The van der Waals surface area contributed by atoms with Gasteiger partial charge in [-0.1, -0.05) is 31.4 Å². The molecule has 1 aliphatic carbocycles. The summed E-state index contributed by atoms with van der Waals surface area (Å²) in [5.74, 6) is 1.42. The van der Waals surface area contributed by atoms with Crippen LogP contribution in [0.4, 0.5) is 0 Å². The fraction of sp³-hybridized carbons (Fsp3) is 0.562. The molecule has 0 heterocycles. The lowest BCUT2D eigenvalue weighted by molar-refractivity contribution is 0.408. The average Bonchev–Trinajstić information content (AvgIpc) is 2.47. The minimum absolute atomic E-state index is 0. The molecule has 0 amide bonds. The summed E-state index contributed by atoms with van der Waals surface area (Å²) >= 11 is 0. The van der Waals surface area contributed by atoms with Crippen LogP contribution in [0.25, 0.3) is 0 Å². The molecule has 1 saturated carbocycles. The van der Waals surface area contributed by atoms with E-state index in [1.165, 1.54) is 37.7 Å². The van der Waals surface area contributed by atoms with E-state index in [0.717, 1.165) is 11.3 Å². The lowest BCUT2D eigenvalue weighted by Crippen LogP contribution is -2.41. The van der Waals surface area contributed by atoms with Gasteiger partial charge in [0.1, 0.15) is 5.75 Å². The van der Waals surface area contributed by atoms with Gasteiger partial charge in [0.2, 0.25) is 0 Å². The fourth-order valence-corrected chi connectivity index (χ4v) is 2.65. The molecule has 1 aromatic carbocycles. The van der Waals surface area contributed by atoms with E-state index in [4.69, 9.17) is 10.5 Å². The summed E-state index contributed by atoms with van der Waals surface area (Å²) in [6.45, 7) is 2.60. The second kappa shape index (κ2) is 9.12. The normalized spacial score (nSPS) is 16.2. The van der Waals surface area contributed by atoms with Gasteiger partial charge in [-0.3, -0.25) is 0 Å². The number of halogens is 1. The zero-order valence-electron chi connectivity index (χ0n) is 12.9. The molecule has 118 valence electrons. The molecule has 0 atom stereocenters. The van der Waals surface area contributed by atoms with E-state index in [0.29, 0.717) is 18.5 Å². The van der Waals surface area contributed by atoms with Crippen LogP contribution in [0.5, 0.6) is 5.75 Å². The van der Waals surface area contributed by atoms with Gasteiger partial charge in [0, 0.05) is 11.6 Å². The number of guanidine groups is 1. The Balaban J connectivity index is 0.00000220. The molecule has 0 bridgehead atoms. The van der Waals surface area contributed by atoms with E-state index in [-0.39, 0.29) is 24.0 Å². The number of nitrogens with zero attached hydrogens (tertiary/aromatic N) is 1. The minimum atomic E-state index is 0. The summed E-state index contributed by atoms with van der Waals surface area (Å²) in [4.78, 5) is 4.43. The van der Waals surface area contributed by atoms with Crippen LogP contribution in [-0.2, 0) is 6.54 Å². The van der Waals surface area contributed by atoms with E-state index >= 15 is 0 Å². The van der Waals surface area contributed by atoms with Gasteiger partial charge >= 0.3 is 0 Å². The molecule has 3 N–H and O–H groups in total. The van der Waals surface area contributed by atoms with Crippen molar-refractivity contribution in [2.24, 2.45) is 10.7 Å². The molecular weight excluding hydrogens is 377 g/mol. The van der Waals surface area contributed by atoms with Crippen LogP contribution in [0.2, 0.25) is 0 Å². The second-order valence-electron chi connectivity index (χ2n) is 5.50. The molecule has 5 heteroatoms. The highest BCUT2D eigenvalue weighted by Gasteiger charge is 2.13.